The predicted octanol–water partition coefficient (Wildman–Crippen LogP) is 3.72. The molecule has 1 N–H and O–H groups in total. The SMILES string of the molecule is CC(C)c1nn(Cc2nc(-c3cccnc3)n[nH]2)c(=O)c2cc3sc(Cl)cc3n12. The molecule has 5 aromatic rings. The van der Waals surface area contributed by atoms with E-state index in [9.17, 15) is 4.79 Å². The molecule has 5 aromatic heterocycles. The number of pyridine rings is 1. The van der Waals surface area contributed by atoms with Crippen molar-refractivity contribution in [3.8, 4) is 11.4 Å². The molecule has 146 valence electrons. The summed E-state index contributed by atoms with van der Waals surface area (Å²) in [7, 11) is 0. The number of fused-ring (bicyclic) bond motifs is 3. The van der Waals surface area contributed by atoms with Gasteiger partial charge in [-0.25, -0.2) is 9.67 Å². The molecule has 8 nitrogen and oxygen atoms in total. The molecule has 0 aliphatic heterocycles. The molecule has 0 aliphatic carbocycles. The Balaban J connectivity index is 1.61. The Morgan fingerprint density at radius 2 is 2.14 bits per heavy atom. The topological polar surface area (TPSA) is 93.8 Å². The second kappa shape index (κ2) is 6.78. The summed E-state index contributed by atoms with van der Waals surface area (Å²) >= 11 is 7.62. The smallest absolute Gasteiger partial charge is 0.290 e. The number of halogens is 1. The highest BCUT2D eigenvalue weighted by Gasteiger charge is 2.19. The van der Waals surface area contributed by atoms with Crippen LogP contribution in [0.1, 0.15) is 31.4 Å². The first-order chi connectivity index (χ1) is 14.0. The Kier molecular flexibility index (Phi) is 4.21. The molecule has 0 atom stereocenters. The lowest BCUT2D eigenvalue weighted by Crippen LogP contribution is -2.28. The minimum atomic E-state index is -0.187. The summed E-state index contributed by atoms with van der Waals surface area (Å²) in [5.41, 5.74) is 2.10. The van der Waals surface area contributed by atoms with Gasteiger partial charge >= 0.3 is 0 Å². The highest BCUT2D eigenvalue weighted by molar-refractivity contribution is 7.22. The second-order valence-corrected chi connectivity index (χ2v) is 8.70. The van der Waals surface area contributed by atoms with Crippen molar-refractivity contribution in [3.05, 3.63) is 63.0 Å². The van der Waals surface area contributed by atoms with Gasteiger partial charge in [-0.05, 0) is 24.3 Å². The van der Waals surface area contributed by atoms with Gasteiger partial charge in [-0.2, -0.15) is 10.2 Å². The third-order valence-corrected chi connectivity index (χ3v) is 5.83. The van der Waals surface area contributed by atoms with Gasteiger partial charge in [-0.15, -0.1) is 11.3 Å². The van der Waals surface area contributed by atoms with E-state index in [1.165, 1.54) is 16.0 Å². The Hall–Kier alpha value is -3.04. The Morgan fingerprint density at radius 3 is 2.90 bits per heavy atom. The fraction of sp³-hybridized carbons (Fsp3) is 0.211. The minimum Gasteiger partial charge on any atom is -0.290 e. The van der Waals surface area contributed by atoms with Crippen LogP contribution < -0.4 is 5.56 Å². The molecule has 10 heteroatoms. The van der Waals surface area contributed by atoms with E-state index in [0.717, 1.165) is 21.6 Å². The number of hydrogen-bond donors (Lipinski definition) is 1. The molecular formula is C19H16ClN7OS. The van der Waals surface area contributed by atoms with Crippen LogP contribution in [0.5, 0.6) is 0 Å². The summed E-state index contributed by atoms with van der Waals surface area (Å²) in [6, 6.07) is 7.46. The van der Waals surface area contributed by atoms with Crippen LogP contribution in [0.4, 0.5) is 0 Å². The molecule has 0 fully saturated rings. The number of aromatic amines is 1. The van der Waals surface area contributed by atoms with Gasteiger partial charge in [0.05, 0.1) is 14.6 Å². The zero-order valence-corrected chi connectivity index (χ0v) is 17.2. The summed E-state index contributed by atoms with van der Waals surface area (Å²) in [4.78, 5) is 21.7. The molecule has 0 bridgehead atoms. The van der Waals surface area contributed by atoms with E-state index in [-0.39, 0.29) is 18.0 Å². The minimum absolute atomic E-state index is 0.110. The average Bonchev–Trinajstić information content (AvgIpc) is 3.39. The molecule has 5 heterocycles. The normalized spacial score (nSPS) is 11.9. The maximum atomic E-state index is 13.1. The van der Waals surface area contributed by atoms with E-state index >= 15 is 0 Å². The first-order valence-electron chi connectivity index (χ1n) is 9.04. The van der Waals surface area contributed by atoms with Crippen molar-refractivity contribution in [3.63, 3.8) is 0 Å². The first-order valence-corrected chi connectivity index (χ1v) is 10.2. The number of thiophene rings is 1. The quantitative estimate of drug-likeness (QED) is 0.473. The monoisotopic (exact) mass is 425 g/mol. The summed E-state index contributed by atoms with van der Waals surface area (Å²) in [5.74, 6) is 1.98. The zero-order valence-electron chi connectivity index (χ0n) is 15.6. The molecule has 0 saturated carbocycles. The van der Waals surface area contributed by atoms with Crippen molar-refractivity contribution in [2.75, 3.05) is 0 Å². The molecule has 0 spiro atoms. The number of nitrogens with one attached hydrogen (secondary N) is 1. The van der Waals surface area contributed by atoms with Crippen LogP contribution in [-0.2, 0) is 6.54 Å². The van der Waals surface area contributed by atoms with E-state index in [1.54, 1.807) is 12.4 Å². The number of nitrogens with zero attached hydrogens (tertiary/aromatic N) is 6. The molecule has 0 unspecified atom stereocenters. The highest BCUT2D eigenvalue weighted by atomic mass is 35.5. The van der Waals surface area contributed by atoms with E-state index in [1.807, 2.05) is 42.5 Å². The summed E-state index contributed by atoms with van der Waals surface area (Å²) in [5, 5.41) is 11.8. The Bertz CT molecular complexity index is 1400. The average molecular weight is 426 g/mol. The van der Waals surface area contributed by atoms with Gasteiger partial charge < -0.3 is 0 Å². The number of hydrogen-bond acceptors (Lipinski definition) is 6. The number of H-pyrrole nitrogens is 1. The lowest BCUT2D eigenvalue weighted by Gasteiger charge is -2.12. The molecule has 0 aliphatic rings. The first kappa shape index (κ1) is 18.0. The van der Waals surface area contributed by atoms with Crippen LogP contribution in [0.25, 0.3) is 27.1 Å². The largest absolute Gasteiger partial charge is 0.291 e. The van der Waals surface area contributed by atoms with Crippen molar-refractivity contribution in [2.24, 2.45) is 0 Å². The van der Waals surface area contributed by atoms with Crippen LogP contribution in [-0.4, -0.2) is 34.3 Å². The van der Waals surface area contributed by atoms with E-state index in [2.05, 4.69) is 25.3 Å². The van der Waals surface area contributed by atoms with E-state index < -0.39 is 0 Å². The van der Waals surface area contributed by atoms with Gasteiger partial charge in [-0.3, -0.25) is 19.3 Å². The van der Waals surface area contributed by atoms with Crippen LogP contribution >= 0.6 is 22.9 Å². The lowest BCUT2D eigenvalue weighted by atomic mass is 10.2. The van der Waals surface area contributed by atoms with Crippen molar-refractivity contribution >= 4 is 38.7 Å². The van der Waals surface area contributed by atoms with Crippen molar-refractivity contribution in [2.45, 2.75) is 26.3 Å². The highest BCUT2D eigenvalue weighted by Crippen LogP contribution is 2.32. The number of aromatic nitrogens is 7. The molecule has 0 amide bonds. The van der Waals surface area contributed by atoms with Crippen molar-refractivity contribution in [1.29, 1.82) is 0 Å². The molecule has 0 saturated heterocycles. The maximum absolute atomic E-state index is 13.1. The van der Waals surface area contributed by atoms with E-state index in [4.69, 9.17) is 11.6 Å². The molecule has 5 rings (SSSR count). The molecule has 29 heavy (non-hydrogen) atoms. The molecular weight excluding hydrogens is 410 g/mol. The van der Waals surface area contributed by atoms with Gasteiger partial charge in [0.15, 0.2) is 5.82 Å². The maximum Gasteiger partial charge on any atom is 0.291 e. The Labute approximate surface area is 173 Å². The van der Waals surface area contributed by atoms with Crippen LogP contribution in [0.3, 0.4) is 0 Å². The summed E-state index contributed by atoms with van der Waals surface area (Å²) in [6.45, 7) is 4.29. The number of rotatable bonds is 4. The van der Waals surface area contributed by atoms with Gasteiger partial charge in [-0.1, -0.05) is 25.4 Å². The lowest BCUT2D eigenvalue weighted by molar-refractivity contribution is 0.569. The second-order valence-electron chi connectivity index (χ2n) is 6.99. The van der Waals surface area contributed by atoms with Crippen molar-refractivity contribution < 1.29 is 0 Å². The van der Waals surface area contributed by atoms with Crippen LogP contribution in [0, 0.1) is 0 Å². The summed E-state index contributed by atoms with van der Waals surface area (Å²) in [6.07, 6.45) is 3.39. The third-order valence-electron chi connectivity index (χ3n) is 4.63. The van der Waals surface area contributed by atoms with Gasteiger partial charge in [0.1, 0.15) is 23.7 Å². The fourth-order valence-electron chi connectivity index (χ4n) is 3.33. The third kappa shape index (κ3) is 3.02. The predicted molar refractivity (Wildman–Crippen MR) is 113 cm³/mol. The van der Waals surface area contributed by atoms with E-state index in [0.29, 0.717) is 21.5 Å². The Morgan fingerprint density at radius 1 is 1.28 bits per heavy atom. The summed E-state index contributed by atoms with van der Waals surface area (Å²) < 4.78 is 4.99. The van der Waals surface area contributed by atoms with Gasteiger partial charge in [0.25, 0.3) is 5.56 Å². The van der Waals surface area contributed by atoms with Crippen LogP contribution in [0.15, 0.2) is 41.5 Å². The zero-order chi connectivity index (χ0) is 20.1. The van der Waals surface area contributed by atoms with Crippen LogP contribution in [0.2, 0.25) is 4.34 Å². The van der Waals surface area contributed by atoms with Crippen molar-refractivity contribution in [1.82, 2.24) is 34.3 Å². The molecule has 0 aromatic carbocycles. The fourth-order valence-corrected chi connectivity index (χ4v) is 4.48. The molecule has 0 radical (unpaired) electrons. The van der Waals surface area contributed by atoms with Gasteiger partial charge in [0, 0.05) is 23.9 Å². The standard InChI is InChI=1S/C19H16ClN7OS/c1-10(2)18-25-26(9-16-22-17(24-23-16)11-4-3-5-21-8-11)19(28)13-6-14-12(27(13)18)7-15(20)29-14/h3-8,10H,9H2,1-2H3,(H,22,23,24). The van der Waals surface area contributed by atoms with Gasteiger partial charge in [0.2, 0.25) is 0 Å².